The van der Waals surface area contributed by atoms with Crippen LogP contribution in [0.5, 0.6) is 0 Å². The quantitative estimate of drug-likeness (QED) is 0.855. The topological polar surface area (TPSA) is 40.6 Å². The van der Waals surface area contributed by atoms with Crippen LogP contribution in [0.4, 0.5) is 4.39 Å². The Hall–Kier alpha value is -1.91. The average molecular weight is 304 g/mol. The number of amides is 2. The number of carbonyl (C=O) groups excluding carboxylic acids is 2. The lowest BCUT2D eigenvalue weighted by Crippen LogP contribution is -2.38. The number of halogens is 1. The predicted molar refractivity (Wildman–Crippen MR) is 80.6 cm³/mol. The van der Waals surface area contributed by atoms with Gasteiger partial charge in [-0.25, -0.2) is 4.39 Å². The average Bonchev–Trinajstić information content (AvgIpc) is 3.35. The van der Waals surface area contributed by atoms with Crippen molar-refractivity contribution in [2.75, 3.05) is 26.2 Å². The molecule has 0 aromatic heterocycles. The number of carbonyl (C=O) groups is 2. The molecular formula is C17H21FN2O2. The molecule has 1 saturated carbocycles. The van der Waals surface area contributed by atoms with Gasteiger partial charge in [0.25, 0.3) is 0 Å². The van der Waals surface area contributed by atoms with E-state index in [9.17, 15) is 14.0 Å². The van der Waals surface area contributed by atoms with Crippen LogP contribution in [-0.4, -0.2) is 47.8 Å². The summed E-state index contributed by atoms with van der Waals surface area (Å²) < 4.78 is 13.6. The first kappa shape index (κ1) is 15.0. The van der Waals surface area contributed by atoms with Gasteiger partial charge in [0.05, 0.1) is 6.42 Å². The maximum atomic E-state index is 13.6. The van der Waals surface area contributed by atoms with Crippen LogP contribution in [0, 0.1) is 11.7 Å². The molecule has 1 saturated heterocycles. The van der Waals surface area contributed by atoms with Crippen LogP contribution in [0.1, 0.15) is 24.8 Å². The zero-order chi connectivity index (χ0) is 15.5. The molecule has 0 unspecified atom stereocenters. The molecule has 0 N–H and O–H groups in total. The maximum absolute atomic E-state index is 13.6. The second-order valence-electron chi connectivity index (χ2n) is 6.10. The molecule has 0 radical (unpaired) electrons. The van der Waals surface area contributed by atoms with Crippen molar-refractivity contribution < 1.29 is 14.0 Å². The summed E-state index contributed by atoms with van der Waals surface area (Å²) in [6.07, 6.45) is 2.89. The Morgan fingerprint density at radius 2 is 1.73 bits per heavy atom. The molecular weight excluding hydrogens is 283 g/mol. The van der Waals surface area contributed by atoms with Crippen molar-refractivity contribution in [1.82, 2.24) is 9.80 Å². The summed E-state index contributed by atoms with van der Waals surface area (Å²) in [5, 5.41) is 0. The summed E-state index contributed by atoms with van der Waals surface area (Å²) in [6.45, 7) is 2.50. The molecule has 0 bridgehead atoms. The van der Waals surface area contributed by atoms with E-state index in [0.717, 1.165) is 25.8 Å². The molecule has 2 aliphatic rings. The van der Waals surface area contributed by atoms with Gasteiger partial charge in [-0.3, -0.25) is 9.59 Å². The highest BCUT2D eigenvalue weighted by molar-refractivity contribution is 5.81. The molecule has 1 aliphatic carbocycles. The van der Waals surface area contributed by atoms with Crippen LogP contribution < -0.4 is 0 Å². The number of benzene rings is 1. The Morgan fingerprint density at radius 1 is 1.05 bits per heavy atom. The van der Waals surface area contributed by atoms with Gasteiger partial charge in [0, 0.05) is 32.1 Å². The van der Waals surface area contributed by atoms with Gasteiger partial charge in [0.15, 0.2) is 0 Å². The predicted octanol–water partition coefficient (Wildman–Crippen LogP) is 1.84. The van der Waals surface area contributed by atoms with Crippen molar-refractivity contribution in [3.8, 4) is 0 Å². The van der Waals surface area contributed by atoms with Gasteiger partial charge in [0.1, 0.15) is 5.82 Å². The van der Waals surface area contributed by atoms with E-state index in [-0.39, 0.29) is 30.0 Å². The summed E-state index contributed by atoms with van der Waals surface area (Å²) >= 11 is 0. The molecule has 3 rings (SSSR count). The molecule has 1 aliphatic heterocycles. The minimum atomic E-state index is -0.337. The van der Waals surface area contributed by atoms with E-state index >= 15 is 0 Å². The standard InChI is InChI=1S/C17H21FN2O2/c18-15-5-2-1-4-14(15)12-16(21)19-8-3-9-20(11-10-19)17(22)13-6-7-13/h1-2,4-5,13H,3,6-12H2. The number of hydrogen-bond acceptors (Lipinski definition) is 2. The first-order valence-corrected chi connectivity index (χ1v) is 7.95. The largest absolute Gasteiger partial charge is 0.341 e. The molecule has 2 amide bonds. The Balaban J connectivity index is 1.57. The molecule has 1 heterocycles. The second kappa shape index (κ2) is 6.46. The van der Waals surface area contributed by atoms with Gasteiger partial charge in [-0.2, -0.15) is 0 Å². The van der Waals surface area contributed by atoms with E-state index in [2.05, 4.69) is 0 Å². The third-order valence-corrected chi connectivity index (χ3v) is 4.39. The van der Waals surface area contributed by atoms with Crippen molar-refractivity contribution in [2.24, 2.45) is 5.92 Å². The van der Waals surface area contributed by atoms with E-state index < -0.39 is 0 Å². The minimum Gasteiger partial charge on any atom is -0.341 e. The third kappa shape index (κ3) is 3.46. The molecule has 1 aromatic carbocycles. The Kier molecular flexibility index (Phi) is 4.41. The highest BCUT2D eigenvalue weighted by Crippen LogP contribution is 2.31. The highest BCUT2D eigenvalue weighted by Gasteiger charge is 2.34. The van der Waals surface area contributed by atoms with Gasteiger partial charge in [0.2, 0.25) is 11.8 Å². The molecule has 22 heavy (non-hydrogen) atoms. The van der Waals surface area contributed by atoms with Gasteiger partial charge in [-0.05, 0) is 30.9 Å². The van der Waals surface area contributed by atoms with Crippen molar-refractivity contribution in [1.29, 1.82) is 0 Å². The van der Waals surface area contributed by atoms with E-state index in [1.165, 1.54) is 6.07 Å². The lowest BCUT2D eigenvalue weighted by atomic mass is 10.1. The molecule has 118 valence electrons. The Labute approximate surface area is 129 Å². The van der Waals surface area contributed by atoms with Gasteiger partial charge < -0.3 is 9.80 Å². The zero-order valence-electron chi connectivity index (χ0n) is 12.6. The fourth-order valence-corrected chi connectivity index (χ4v) is 2.89. The van der Waals surface area contributed by atoms with Gasteiger partial charge in [-0.1, -0.05) is 18.2 Å². The third-order valence-electron chi connectivity index (χ3n) is 4.39. The fraction of sp³-hybridized carbons (Fsp3) is 0.529. The highest BCUT2D eigenvalue weighted by atomic mass is 19.1. The van der Waals surface area contributed by atoms with E-state index in [1.807, 2.05) is 4.90 Å². The van der Waals surface area contributed by atoms with Crippen LogP contribution in [0.3, 0.4) is 0 Å². The second-order valence-corrected chi connectivity index (χ2v) is 6.10. The molecule has 4 nitrogen and oxygen atoms in total. The zero-order valence-corrected chi connectivity index (χ0v) is 12.6. The van der Waals surface area contributed by atoms with Gasteiger partial charge >= 0.3 is 0 Å². The maximum Gasteiger partial charge on any atom is 0.227 e. The normalized spacial score (nSPS) is 19.0. The van der Waals surface area contributed by atoms with E-state index in [0.29, 0.717) is 25.2 Å². The summed E-state index contributed by atoms with van der Waals surface area (Å²) in [7, 11) is 0. The first-order valence-electron chi connectivity index (χ1n) is 7.95. The molecule has 5 heteroatoms. The van der Waals surface area contributed by atoms with Crippen molar-refractivity contribution in [3.63, 3.8) is 0 Å². The van der Waals surface area contributed by atoms with Crippen molar-refractivity contribution in [3.05, 3.63) is 35.6 Å². The lowest BCUT2D eigenvalue weighted by Gasteiger charge is -2.22. The van der Waals surface area contributed by atoms with Crippen molar-refractivity contribution in [2.45, 2.75) is 25.7 Å². The van der Waals surface area contributed by atoms with Crippen LogP contribution in [0.2, 0.25) is 0 Å². The van der Waals surface area contributed by atoms with Crippen molar-refractivity contribution >= 4 is 11.8 Å². The molecule has 0 spiro atoms. The number of nitrogens with zero attached hydrogens (tertiary/aromatic N) is 2. The van der Waals surface area contributed by atoms with Crippen LogP contribution in [-0.2, 0) is 16.0 Å². The smallest absolute Gasteiger partial charge is 0.227 e. The Bertz CT molecular complexity index is 572. The van der Waals surface area contributed by atoms with Crippen LogP contribution in [0.15, 0.2) is 24.3 Å². The first-order chi connectivity index (χ1) is 10.6. The SMILES string of the molecule is O=C(Cc1ccccc1F)N1CCCN(C(=O)C2CC2)CC1. The van der Waals surface area contributed by atoms with E-state index in [4.69, 9.17) is 0 Å². The molecule has 1 aromatic rings. The summed E-state index contributed by atoms with van der Waals surface area (Å²) in [5.41, 5.74) is 0.433. The summed E-state index contributed by atoms with van der Waals surface area (Å²) in [6, 6.07) is 6.38. The number of rotatable bonds is 3. The monoisotopic (exact) mass is 304 g/mol. The van der Waals surface area contributed by atoms with E-state index in [1.54, 1.807) is 23.1 Å². The minimum absolute atomic E-state index is 0.0641. The van der Waals surface area contributed by atoms with Crippen LogP contribution >= 0.6 is 0 Å². The molecule has 0 atom stereocenters. The lowest BCUT2D eigenvalue weighted by molar-refractivity contribution is -0.134. The Morgan fingerprint density at radius 3 is 2.45 bits per heavy atom. The summed E-state index contributed by atoms with van der Waals surface area (Å²) in [4.78, 5) is 28.1. The fourth-order valence-electron chi connectivity index (χ4n) is 2.89. The van der Waals surface area contributed by atoms with Gasteiger partial charge in [-0.15, -0.1) is 0 Å². The van der Waals surface area contributed by atoms with Crippen LogP contribution in [0.25, 0.3) is 0 Å². The molecule has 2 fully saturated rings. The number of hydrogen-bond donors (Lipinski definition) is 0. The summed E-state index contributed by atoms with van der Waals surface area (Å²) in [5.74, 6) is 0.0612.